The molecule has 0 aliphatic rings. The highest BCUT2D eigenvalue weighted by molar-refractivity contribution is 4.55. The molecule has 0 amide bonds. The minimum absolute atomic E-state index is 0.375. The second kappa shape index (κ2) is 1.11. The average molecular weight is 100 g/mol. The summed E-state index contributed by atoms with van der Waals surface area (Å²) in [6.45, 7) is 0. The van der Waals surface area contributed by atoms with Crippen molar-refractivity contribution >= 4 is 0 Å². The van der Waals surface area contributed by atoms with Crippen LogP contribution in [0.15, 0.2) is 12.4 Å². The van der Waals surface area contributed by atoms with Gasteiger partial charge in [0, 0.05) is 0 Å². The average Bonchev–Trinajstić information content (AvgIpc) is 1.87. The van der Waals surface area contributed by atoms with Crippen molar-refractivity contribution in [3.8, 4) is 0 Å². The minimum atomic E-state index is 0.375. The molecule has 0 spiro atoms. The molecule has 1 rings (SSSR count). The van der Waals surface area contributed by atoms with Crippen molar-refractivity contribution in [3.05, 3.63) is 17.6 Å². The predicted octanol–water partition coefficient (Wildman–Crippen LogP) is -1.77. The molecule has 0 unspecified atom stereocenters. The van der Waals surface area contributed by atoms with E-state index in [1.165, 1.54) is 12.4 Å². The Labute approximate surface area is 39.5 Å². The number of hydrogen-bond acceptors (Lipinski definition) is 3. The van der Waals surface area contributed by atoms with Crippen molar-refractivity contribution in [1.82, 2.24) is 10.0 Å². The first-order chi connectivity index (χ1) is 3.29. The van der Waals surface area contributed by atoms with E-state index in [-0.39, 0.29) is 0 Å². The molecule has 1 aromatic heterocycles. The quantitative estimate of drug-likeness (QED) is 0.238. The normalized spacial score (nSPS) is 9.14. The van der Waals surface area contributed by atoms with Gasteiger partial charge in [-0.3, -0.25) is 0 Å². The molecule has 7 heavy (non-hydrogen) atoms. The maximum absolute atomic E-state index is 10.00. The fourth-order valence-electron chi connectivity index (χ4n) is 0.287. The largest absolute Gasteiger partial charge is 0.691 e. The summed E-state index contributed by atoms with van der Waals surface area (Å²) in [5.41, 5.74) is 0. The molecule has 2 N–H and O–H groups in total. The van der Waals surface area contributed by atoms with E-state index in [1.54, 1.807) is 0 Å². The smallest absolute Gasteiger partial charge is 0.184 e. The summed E-state index contributed by atoms with van der Waals surface area (Å²) in [7, 11) is 0. The van der Waals surface area contributed by atoms with Crippen LogP contribution in [0.3, 0.4) is 0 Å². The first kappa shape index (κ1) is 3.91. The molecule has 0 bridgehead atoms. The first-order valence-electron chi connectivity index (χ1n) is 1.69. The molecule has 0 fully saturated rings. The molecule has 1 aromatic rings. The summed E-state index contributed by atoms with van der Waals surface area (Å²) in [5.74, 6) is 4.96. The number of nitrogens with zero attached hydrogens (tertiary/aromatic N) is 3. The van der Waals surface area contributed by atoms with E-state index >= 15 is 0 Å². The standard InChI is InChI=1S/C2H4N4O/c3-5-1-2-6(7)4-5/h1-2H,3H2. The number of hydrogen-bond donors (Lipinski definition) is 1. The Morgan fingerprint density at radius 2 is 2.57 bits per heavy atom. The van der Waals surface area contributed by atoms with Crippen molar-refractivity contribution in [1.29, 1.82) is 0 Å². The monoisotopic (exact) mass is 100 g/mol. The van der Waals surface area contributed by atoms with Gasteiger partial charge in [0.2, 0.25) is 0 Å². The van der Waals surface area contributed by atoms with Crippen LogP contribution in [0.4, 0.5) is 0 Å². The molecule has 0 aromatic carbocycles. The molecule has 38 valence electrons. The highest BCUT2D eigenvalue weighted by atomic mass is 16.5. The third kappa shape index (κ3) is 0.594. The molecular weight excluding hydrogens is 96.0 g/mol. The van der Waals surface area contributed by atoms with Crippen LogP contribution in [0.1, 0.15) is 0 Å². The highest BCUT2D eigenvalue weighted by Crippen LogP contribution is 1.60. The minimum Gasteiger partial charge on any atom is -0.691 e. The van der Waals surface area contributed by atoms with E-state index < -0.39 is 0 Å². The van der Waals surface area contributed by atoms with Crippen molar-refractivity contribution in [3.63, 3.8) is 0 Å². The summed E-state index contributed by atoms with van der Waals surface area (Å²) in [5, 5.41) is 13.2. The maximum atomic E-state index is 10.00. The Bertz CT molecular complexity index is 142. The third-order valence-electron chi connectivity index (χ3n) is 0.538. The number of nitrogens with two attached hydrogens (primary N) is 1. The molecule has 0 radical (unpaired) electrons. The number of nitrogen functional groups attached to an aromatic ring is 1. The van der Waals surface area contributed by atoms with Gasteiger partial charge in [0.25, 0.3) is 0 Å². The van der Waals surface area contributed by atoms with E-state index in [4.69, 9.17) is 5.84 Å². The van der Waals surface area contributed by atoms with Crippen molar-refractivity contribution in [2.75, 3.05) is 5.84 Å². The molecule has 5 heteroatoms. The van der Waals surface area contributed by atoms with Gasteiger partial charge in [-0.15, -0.1) is 4.85 Å². The van der Waals surface area contributed by atoms with Gasteiger partial charge < -0.3 is 5.21 Å². The summed E-state index contributed by atoms with van der Waals surface area (Å²) >= 11 is 0. The lowest BCUT2D eigenvalue weighted by Crippen LogP contribution is -2.29. The number of rotatable bonds is 0. The zero-order valence-electron chi connectivity index (χ0n) is 3.48. The van der Waals surface area contributed by atoms with Crippen LogP contribution in [0, 0.1) is 5.21 Å². The lowest BCUT2D eigenvalue weighted by atomic mass is 11.0. The molecule has 0 atom stereocenters. The van der Waals surface area contributed by atoms with Crippen LogP contribution in [0.2, 0.25) is 0 Å². The SMILES string of the molecule is Nn1cc[n+]([O-])n1. The van der Waals surface area contributed by atoms with Crippen LogP contribution < -0.4 is 10.7 Å². The Morgan fingerprint density at radius 1 is 1.86 bits per heavy atom. The molecule has 0 aliphatic heterocycles. The fourth-order valence-corrected chi connectivity index (χ4v) is 0.287. The zero-order chi connectivity index (χ0) is 5.28. The van der Waals surface area contributed by atoms with Gasteiger partial charge in [-0.25, -0.2) is 5.84 Å². The van der Waals surface area contributed by atoms with Crippen LogP contribution in [-0.4, -0.2) is 10.0 Å². The summed E-state index contributed by atoms with van der Waals surface area (Å²) < 4.78 is 0. The van der Waals surface area contributed by atoms with Gasteiger partial charge in [0.15, 0.2) is 12.4 Å². The van der Waals surface area contributed by atoms with Crippen molar-refractivity contribution < 1.29 is 4.85 Å². The Kier molecular flexibility index (Phi) is 0.619. The molecule has 1 heterocycles. The molecule has 0 saturated heterocycles. The Hall–Kier alpha value is -1.26. The van der Waals surface area contributed by atoms with Gasteiger partial charge in [0.05, 0.1) is 0 Å². The van der Waals surface area contributed by atoms with Crippen LogP contribution >= 0.6 is 0 Å². The Balaban J connectivity index is 3.04. The van der Waals surface area contributed by atoms with Gasteiger partial charge in [0.1, 0.15) is 5.21 Å². The molecule has 0 saturated carbocycles. The number of aromatic nitrogens is 3. The lowest BCUT2D eigenvalue weighted by Gasteiger charge is -1.83. The first-order valence-corrected chi connectivity index (χ1v) is 1.69. The van der Waals surface area contributed by atoms with Crippen LogP contribution in [-0.2, 0) is 0 Å². The van der Waals surface area contributed by atoms with Gasteiger partial charge >= 0.3 is 0 Å². The topological polar surface area (TPSA) is 70.8 Å². The van der Waals surface area contributed by atoms with E-state index in [9.17, 15) is 5.21 Å². The lowest BCUT2D eigenvalue weighted by molar-refractivity contribution is -0.670. The Morgan fingerprint density at radius 3 is 2.71 bits per heavy atom. The second-order valence-corrected chi connectivity index (χ2v) is 1.07. The van der Waals surface area contributed by atoms with Crippen LogP contribution in [0.5, 0.6) is 0 Å². The fraction of sp³-hybridized carbons (Fsp3) is 0. The van der Waals surface area contributed by atoms with Crippen molar-refractivity contribution in [2.24, 2.45) is 0 Å². The molecule has 0 aliphatic carbocycles. The van der Waals surface area contributed by atoms with E-state index in [0.717, 1.165) is 4.79 Å². The maximum Gasteiger partial charge on any atom is 0.184 e. The highest BCUT2D eigenvalue weighted by Gasteiger charge is 1.87. The van der Waals surface area contributed by atoms with E-state index in [2.05, 4.69) is 5.21 Å². The third-order valence-corrected chi connectivity index (χ3v) is 0.538. The van der Waals surface area contributed by atoms with Crippen molar-refractivity contribution in [2.45, 2.75) is 0 Å². The van der Waals surface area contributed by atoms with Gasteiger partial charge in [-0.2, -0.15) is 0 Å². The van der Waals surface area contributed by atoms with E-state index in [1.807, 2.05) is 0 Å². The summed E-state index contributed by atoms with van der Waals surface area (Å²) in [6, 6.07) is 0. The molecular formula is C2H4N4O. The molecule has 5 nitrogen and oxygen atoms in total. The van der Waals surface area contributed by atoms with Crippen LogP contribution in [0.25, 0.3) is 0 Å². The summed E-state index contributed by atoms with van der Waals surface area (Å²) in [6.07, 6.45) is 2.56. The zero-order valence-corrected chi connectivity index (χ0v) is 3.48. The second-order valence-electron chi connectivity index (χ2n) is 1.07. The summed E-state index contributed by atoms with van der Waals surface area (Å²) in [4.78, 5) is 1.31. The van der Waals surface area contributed by atoms with Gasteiger partial charge in [-0.1, -0.05) is 0 Å². The predicted molar refractivity (Wildman–Crippen MR) is 21.3 cm³/mol. The van der Waals surface area contributed by atoms with Gasteiger partial charge in [-0.05, 0) is 4.79 Å². The van der Waals surface area contributed by atoms with E-state index in [0.29, 0.717) is 4.85 Å².